The lowest BCUT2D eigenvalue weighted by molar-refractivity contribution is -0.274. The second kappa shape index (κ2) is 7.97. The number of ether oxygens (including phenoxy) is 1. The molecule has 0 aliphatic rings. The number of benzene rings is 2. The van der Waals surface area contributed by atoms with Crippen molar-refractivity contribution in [1.82, 2.24) is 4.31 Å². The molecule has 6 nitrogen and oxygen atoms in total. The van der Waals surface area contributed by atoms with Gasteiger partial charge in [-0.05, 0) is 31.2 Å². The summed E-state index contributed by atoms with van der Waals surface area (Å²) < 4.78 is 66.3. The standard InChI is InChI=1S/C17H17F3N2O4S/c1-12-6-8-13(9-7-12)21-16(23)11-22(2)27(24,25)15-5-3-4-14(10-15)26-17(18,19)20/h3-10H,11H2,1-2H3,(H,21,23). The Hall–Kier alpha value is -2.59. The quantitative estimate of drug-likeness (QED) is 0.806. The van der Waals surface area contributed by atoms with Crippen molar-refractivity contribution in [3.63, 3.8) is 0 Å². The van der Waals surface area contributed by atoms with Crippen molar-refractivity contribution in [2.24, 2.45) is 0 Å². The third-order valence-electron chi connectivity index (χ3n) is 3.45. The van der Waals surface area contributed by atoms with Crippen LogP contribution >= 0.6 is 0 Å². The van der Waals surface area contributed by atoms with Gasteiger partial charge in [0, 0.05) is 18.8 Å². The highest BCUT2D eigenvalue weighted by molar-refractivity contribution is 7.89. The minimum absolute atomic E-state index is 0.421. The maximum absolute atomic E-state index is 12.5. The summed E-state index contributed by atoms with van der Waals surface area (Å²) in [5.41, 5.74) is 1.49. The number of nitrogens with one attached hydrogen (secondary N) is 1. The first-order valence-corrected chi connectivity index (χ1v) is 9.10. The summed E-state index contributed by atoms with van der Waals surface area (Å²) in [4.78, 5) is 11.6. The van der Waals surface area contributed by atoms with E-state index in [4.69, 9.17) is 0 Å². The third kappa shape index (κ3) is 5.97. The molecule has 0 radical (unpaired) electrons. The first kappa shape index (κ1) is 20.7. The van der Waals surface area contributed by atoms with Gasteiger partial charge < -0.3 is 10.1 Å². The molecule has 0 fully saturated rings. The number of aryl methyl sites for hydroxylation is 1. The summed E-state index contributed by atoms with van der Waals surface area (Å²) in [6, 6.07) is 10.9. The van der Waals surface area contributed by atoms with E-state index in [1.54, 1.807) is 24.3 Å². The van der Waals surface area contributed by atoms with E-state index >= 15 is 0 Å². The number of carbonyl (C=O) groups is 1. The van der Waals surface area contributed by atoms with Gasteiger partial charge in [0.1, 0.15) is 5.75 Å². The zero-order chi connectivity index (χ0) is 20.2. The van der Waals surface area contributed by atoms with Crippen LogP contribution < -0.4 is 10.1 Å². The second-order valence-corrected chi connectivity index (χ2v) is 7.74. The van der Waals surface area contributed by atoms with Crippen LogP contribution in [0.4, 0.5) is 18.9 Å². The second-order valence-electron chi connectivity index (χ2n) is 5.70. The van der Waals surface area contributed by atoms with Gasteiger partial charge in [-0.25, -0.2) is 8.42 Å². The summed E-state index contributed by atoms with van der Waals surface area (Å²) in [7, 11) is -3.03. The lowest BCUT2D eigenvalue weighted by Gasteiger charge is -2.17. The van der Waals surface area contributed by atoms with Crippen LogP contribution in [0.3, 0.4) is 0 Å². The van der Waals surface area contributed by atoms with Gasteiger partial charge >= 0.3 is 6.36 Å². The number of likely N-dealkylation sites (N-methyl/N-ethyl adjacent to an activating group) is 1. The van der Waals surface area contributed by atoms with Gasteiger partial charge in [0.15, 0.2) is 0 Å². The molecule has 2 aromatic carbocycles. The Morgan fingerprint density at radius 2 is 1.78 bits per heavy atom. The van der Waals surface area contributed by atoms with E-state index in [1.165, 1.54) is 0 Å². The fourth-order valence-corrected chi connectivity index (χ4v) is 3.30. The fraction of sp³-hybridized carbons (Fsp3) is 0.235. The van der Waals surface area contributed by atoms with Crippen molar-refractivity contribution in [3.05, 3.63) is 54.1 Å². The van der Waals surface area contributed by atoms with E-state index in [0.717, 1.165) is 41.2 Å². The van der Waals surface area contributed by atoms with Crippen molar-refractivity contribution >= 4 is 21.6 Å². The predicted octanol–water partition coefficient (Wildman–Crippen LogP) is 3.15. The topological polar surface area (TPSA) is 75.7 Å². The van der Waals surface area contributed by atoms with Gasteiger partial charge in [-0.3, -0.25) is 4.79 Å². The number of amides is 1. The van der Waals surface area contributed by atoms with Crippen LogP contribution in [-0.2, 0) is 14.8 Å². The molecule has 0 spiro atoms. The van der Waals surface area contributed by atoms with E-state index < -0.39 is 39.5 Å². The monoisotopic (exact) mass is 402 g/mol. The lowest BCUT2D eigenvalue weighted by Crippen LogP contribution is -2.35. The first-order chi connectivity index (χ1) is 12.5. The number of alkyl halides is 3. The Bertz CT molecular complexity index is 913. The maximum Gasteiger partial charge on any atom is 0.573 e. The van der Waals surface area contributed by atoms with E-state index in [9.17, 15) is 26.4 Å². The molecule has 27 heavy (non-hydrogen) atoms. The molecule has 0 saturated heterocycles. The molecule has 0 aliphatic heterocycles. The number of nitrogens with zero attached hydrogens (tertiary/aromatic N) is 1. The van der Waals surface area contributed by atoms with E-state index in [2.05, 4.69) is 10.1 Å². The number of hydrogen-bond acceptors (Lipinski definition) is 4. The Balaban J connectivity index is 2.10. The number of sulfonamides is 1. The summed E-state index contributed by atoms with van der Waals surface area (Å²) >= 11 is 0. The summed E-state index contributed by atoms with van der Waals surface area (Å²) in [6.45, 7) is 1.36. The van der Waals surface area contributed by atoms with Gasteiger partial charge in [0.2, 0.25) is 15.9 Å². The van der Waals surface area contributed by atoms with Crippen molar-refractivity contribution in [1.29, 1.82) is 0 Å². The molecule has 1 amide bonds. The van der Waals surface area contributed by atoms with Gasteiger partial charge in [-0.15, -0.1) is 13.2 Å². The van der Waals surface area contributed by atoms with E-state index in [1.807, 2.05) is 6.92 Å². The fourth-order valence-electron chi connectivity index (χ4n) is 2.14. The molecule has 2 rings (SSSR count). The van der Waals surface area contributed by atoms with Gasteiger partial charge in [-0.2, -0.15) is 4.31 Å². The summed E-state index contributed by atoms with van der Waals surface area (Å²) in [6.07, 6.45) is -4.94. The Morgan fingerprint density at radius 3 is 2.37 bits per heavy atom. The first-order valence-electron chi connectivity index (χ1n) is 7.66. The van der Waals surface area contributed by atoms with Gasteiger partial charge in [0.25, 0.3) is 0 Å². The van der Waals surface area contributed by atoms with Crippen LogP contribution in [0, 0.1) is 6.92 Å². The molecule has 0 heterocycles. The number of hydrogen-bond donors (Lipinski definition) is 1. The molecule has 0 saturated carbocycles. The minimum atomic E-state index is -4.94. The summed E-state index contributed by atoms with van der Waals surface area (Å²) in [5.74, 6) is -1.26. The van der Waals surface area contributed by atoms with Crippen LogP contribution in [0.1, 0.15) is 5.56 Å². The zero-order valence-electron chi connectivity index (χ0n) is 14.4. The SMILES string of the molecule is Cc1ccc(NC(=O)CN(C)S(=O)(=O)c2cccc(OC(F)(F)F)c2)cc1. The molecule has 0 bridgehead atoms. The van der Waals surface area contributed by atoms with Crippen LogP contribution in [0.25, 0.3) is 0 Å². The average Bonchev–Trinajstić information content (AvgIpc) is 2.55. The molecular formula is C17H17F3N2O4S. The van der Waals surface area contributed by atoms with Crippen LogP contribution in [0.2, 0.25) is 0 Å². The Labute approximate surface area is 154 Å². The highest BCUT2D eigenvalue weighted by atomic mass is 32.2. The molecule has 0 aromatic heterocycles. The van der Waals surface area contributed by atoms with E-state index in [0.29, 0.717) is 5.69 Å². The van der Waals surface area contributed by atoms with Crippen molar-refractivity contribution in [3.8, 4) is 5.75 Å². The third-order valence-corrected chi connectivity index (χ3v) is 5.25. The van der Waals surface area contributed by atoms with Crippen molar-refractivity contribution in [2.45, 2.75) is 18.2 Å². The molecule has 0 atom stereocenters. The Morgan fingerprint density at radius 1 is 1.15 bits per heavy atom. The van der Waals surface area contributed by atoms with Crippen LogP contribution in [0.15, 0.2) is 53.4 Å². The number of halogens is 3. The normalized spacial score (nSPS) is 12.1. The molecule has 0 unspecified atom stereocenters. The Kier molecular flexibility index (Phi) is 6.11. The van der Waals surface area contributed by atoms with Gasteiger partial charge in [-0.1, -0.05) is 23.8 Å². The predicted molar refractivity (Wildman–Crippen MR) is 92.7 cm³/mol. The average molecular weight is 402 g/mol. The number of rotatable bonds is 6. The largest absolute Gasteiger partial charge is 0.573 e. The summed E-state index contributed by atoms with van der Waals surface area (Å²) in [5, 5.41) is 2.55. The smallest absolute Gasteiger partial charge is 0.406 e. The van der Waals surface area contributed by atoms with E-state index in [-0.39, 0.29) is 0 Å². The minimum Gasteiger partial charge on any atom is -0.406 e. The molecular weight excluding hydrogens is 385 g/mol. The van der Waals surface area contributed by atoms with Gasteiger partial charge in [0.05, 0.1) is 11.4 Å². The maximum atomic E-state index is 12.5. The number of anilines is 1. The number of carbonyl (C=O) groups excluding carboxylic acids is 1. The highest BCUT2D eigenvalue weighted by Gasteiger charge is 2.32. The molecule has 1 N–H and O–H groups in total. The lowest BCUT2D eigenvalue weighted by atomic mass is 10.2. The molecule has 2 aromatic rings. The van der Waals surface area contributed by atoms with Crippen LogP contribution in [-0.4, -0.2) is 38.6 Å². The van der Waals surface area contributed by atoms with Crippen LogP contribution in [0.5, 0.6) is 5.75 Å². The van der Waals surface area contributed by atoms with Crippen molar-refractivity contribution in [2.75, 3.05) is 18.9 Å². The molecule has 0 aliphatic carbocycles. The zero-order valence-corrected chi connectivity index (χ0v) is 15.3. The molecule has 146 valence electrons. The highest BCUT2D eigenvalue weighted by Crippen LogP contribution is 2.26. The molecule has 10 heteroatoms. The van der Waals surface area contributed by atoms with Crippen molar-refractivity contribution < 1.29 is 31.1 Å².